The number of fused-ring (bicyclic) bond motifs is 1. The molecule has 0 saturated heterocycles. The zero-order chi connectivity index (χ0) is 14.8. The van der Waals surface area contributed by atoms with Gasteiger partial charge in [-0.15, -0.1) is 0 Å². The molecule has 0 amide bonds. The Morgan fingerprint density at radius 2 is 1.81 bits per heavy atom. The molecule has 2 aromatic carbocycles. The summed E-state index contributed by atoms with van der Waals surface area (Å²) in [5.41, 5.74) is 7.56. The van der Waals surface area contributed by atoms with Crippen molar-refractivity contribution < 1.29 is 0 Å². The maximum Gasteiger partial charge on any atom is 0.175 e. The highest BCUT2D eigenvalue weighted by Crippen LogP contribution is 2.25. The van der Waals surface area contributed by atoms with Gasteiger partial charge in [0.15, 0.2) is 5.11 Å². The predicted octanol–water partition coefficient (Wildman–Crippen LogP) is 4.60. The summed E-state index contributed by atoms with van der Waals surface area (Å²) < 4.78 is 0. The maximum atomic E-state index is 5.43. The summed E-state index contributed by atoms with van der Waals surface area (Å²) >= 11 is 5.43. The molecule has 0 fully saturated rings. The highest BCUT2D eigenvalue weighted by molar-refractivity contribution is 7.80. The quantitative estimate of drug-likeness (QED) is 0.792. The van der Waals surface area contributed by atoms with Gasteiger partial charge in [0.1, 0.15) is 0 Å². The molecule has 2 N–H and O–H groups in total. The molecular weight excluding hydrogens is 276 g/mol. The Kier molecular flexibility index (Phi) is 3.93. The number of hydrogen-bond donors (Lipinski definition) is 2. The summed E-state index contributed by atoms with van der Waals surface area (Å²) in [6, 6.07) is 12.8. The number of hydrogen-bond acceptors (Lipinski definition) is 1. The van der Waals surface area contributed by atoms with Crippen LogP contribution in [0.2, 0.25) is 0 Å². The number of benzene rings is 2. The minimum atomic E-state index is 0.640. The first-order valence-electron chi connectivity index (χ1n) is 7.39. The Morgan fingerprint density at radius 3 is 2.67 bits per heavy atom. The van der Waals surface area contributed by atoms with E-state index in [4.69, 9.17) is 12.2 Å². The second-order valence-electron chi connectivity index (χ2n) is 5.66. The van der Waals surface area contributed by atoms with Crippen LogP contribution in [0.15, 0.2) is 36.4 Å². The van der Waals surface area contributed by atoms with Crippen LogP contribution in [0.4, 0.5) is 11.4 Å². The molecule has 0 saturated carbocycles. The molecule has 1 aliphatic rings. The number of anilines is 2. The van der Waals surface area contributed by atoms with Gasteiger partial charge < -0.3 is 10.6 Å². The van der Waals surface area contributed by atoms with Gasteiger partial charge in [-0.1, -0.05) is 18.2 Å². The van der Waals surface area contributed by atoms with Gasteiger partial charge in [0.25, 0.3) is 0 Å². The van der Waals surface area contributed by atoms with Crippen LogP contribution in [-0.2, 0) is 12.8 Å². The Labute approximate surface area is 131 Å². The normalized spacial score (nSPS) is 12.9. The van der Waals surface area contributed by atoms with E-state index in [-0.39, 0.29) is 0 Å². The van der Waals surface area contributed by atoms with Crippen molar-refractivity contribution >= 4 is 28.7 Å². The highest BCUT2D eigenvalue weighted by Gasteiger charge is 2.11. The van der Waals surface area contributed by atoms with Gasteiger partial charge in [-0.05, 0) is 85.8 Å². The van der Waals surface area contributed by atoms with E-state index in [1.165, 1.54) is 41.5 Å². The molecule has 0 spiro atoms. The van der Waals surface area contributed by atoms with Crippen LogP contribution in [0.1, 0.15) is 28.7 Å². The standard InChI is InChI=1S/C18H20N2S/c1-12-5-3-8-17(13(12)2)20-18(21)19-16-10-9-14-6-4-7-15(14)11-16/h3,5,8-11H,4,6-7H2,1-2H3,(H2,19,20,21). The average molecular weight is 296 g/mol. The third kappa shape index (κ3) is 3.08. The van der Waals surface area contributed by atoms with Gasteiger partial charge in [0, 0.05) is 11.4 Å². The summed E-state index contributed by atoms with van der Waals surface area (Å²) in [6.07, 6.45) is 3.66. The fourth-order valence-electron chi connectivity index (χ4n) is 2.82. The third-order valence-corrected chi connectivity index (χ3v) is 4.41. The van der Waals surface area contributed by atoms with Crippen molar-refractivity contribution in [2.45, 2.75) is 33.1 Å². The lowest BCUT2D eigenvalue weighted by atomic mass is 10.1. The molecule has 0 radical (unpaired) electrons. The molecule has 0 aromatic heterocycles. The molecule has 2 nitrogen and oxygen atoms in total. The first-order chi connectivity index (χ1) is 10.1. The van der Waals surface area contributed by atoms with Gasteiger partial charge in [-0.25, -0.2) is 0 Å². The number of rotatable bonds is 2. The van der Waals surface area contributed by atoms with E-state index in [1.54, 1.807) is 0 Å². The molecule has 0 bridgehead atoms. The maximum absolute atomic E-state index is 5.43. The Morgan fingerprint density at radius 1 is 1.00 bits per heavy atom. The van der Waals surface area contributed by atoms with Crippen LogP contribution >= 0.6 is 12.2 Å². The average Bonchev–Trinajstić information content (AvgIpc) is 2.91. The highest BCUT2D eigenvalue weighted by atomic mass is 32.1. The molecule has 3 rings (SSSR count). The smallest absolute Gasteiger partial charge is 0.175 e. The van der Waals surface area contributed by atoms with Crippen LogP contribution in [0, 0.1) is 13.8 Å². The summed E-state index contributed by atoms with van der Waals surface area (Å²) in [7, 11) is 0. The Balaban J connectivity index is 1.70. The SMILES string of the molecule is Cc1cccc(NC(=S)Nc2ccc3c(c2)CCC3)c1C. The van der Waals surface area contributed by atoms with Crippen LogP contribution in [0.5, 0.6) is 0 Å². The first-order valence-corrected chi connectivity index (χ1v) is 7.80. The number of nitrogens with one attached hydrogen (secondary N) is 2. The van der Waals surface area contributed by atoms with E-state index in [2.05, 4.69) is 54.8 Å². The Bertz CT molecular complexity index is 692. The molecule has 0 heterocycles. The van der Waals surface area contributed by atoms with Crippen LogP contribution in [0.25, 0.3) is 0 Å². The molecular formula is C18H20N2S. The number of thiocarbonyl (C=S) groups is 1. The fourth-order valence-corrected chi connectivity index (χ4v) is 3.05. The molecule has 3 heteroatoms. The molecule has 1 aliphatic carbocycles. The second-order valence-corrected chi connectivity index (χ2v) is 6.07. The minimum absolute atomic E-state index is 0.640. The topological polar surface area (TPSA) is 24.1 Å². The van der Waals surface area contributed by atoms with Crippen LogP contribution < -0.4 is 10.6 Å². The van der Waals surface area contributed by atoms with Crippen LogP contribution in [0.3, 0.4) is 0 Å². The van der Waals surface area contributed by atoms with Gasteiger partial charge in [0.05, 0.1) is 0 Å². The zero-order valence-electron chi connectivity index (χ0n) is 12.5. The third-order valence-electron chi connectivity index (χ3n) is 4.21. The van der Waals surface area contributed by atoms with E-state index < -0.39 is 0 Å². The largest absolute Gasteiger partial charge is 0.332 e. The van der Waals surface area contributed by atoms with E-state index in [0.29, 0.717) is 5.11 Å². The lowest BCUT2D eigenvalue weighted by Crippen LogP contribution is -2.19. The van der Waals surface area contributed by atoms with Gasteiger partial charge in [-0.2, -0.15) is 0 Å². The zero-order valence-corrected chi connectivity index (χ0v) is 13.3. The van der Waals surface area contributed by atoms with E-state index >= 15 is 0 Å². The summed E-state index contributed by atoms with van der Waals surface area (Å²) in [6.45, 7) is 4.22. The van der Waals surface area contributed by atoms with Crippen molar-refractivity contribution in [3.8, 4) is 0 Å². The molecule has 21 heavy (non-hydrogen) atoms. The van der Waals surface area contributed by atoms with Crippen molar-refractivity contribution in [1.29, 1.82) is 0 Å². The van der Waals surface area contributed by atoms with Crippen molar-refractivity contribution in [3.05, 3.63) is 58.7 Å². The molecule has 0 atom stereocenters. The fraction of sp³-hybridized carbons (Fsp3) is 0.278. The minimum Gasteiger partial charge on any atom is -0.332 e. The van der Waals surface area contributed by atoms with Gasteiger partial charge in [0.2, 0.25) is 0 Å². The molecule has 0 aliphatic heterocycles. The van der Waals surface area contributed by atoms with E-state index in [9.17, 15) is 0 Å². The molecule has 2 aromatic rings. The second kappa shape index (κ2) is 5.86. The van der Waals surface area contributed by atoms with Gasteiger partial charge >= 0.3 is 0 Å². The molecule has 0 unspecified atom stereocenters. The van der Waals surface area contributed by atoms with Gasteiger partial charge in [-0.3, -0.25) is 0 Å². The van der Waals surface area contributed by atoms with Crippen LogP contribution in [-0.4, -0.2) is 5.11 Å². The van der Waals surface area contributed by atoms with Crippen molar-refractivity contribution in [2.75, 3.05) is 10.6 Å². The van der Waals surface area contributed by atoms with Crippen molar-refractivity contribution in [3.63, 3.8) is 0 Å². The van der Waals surface area contributed by atoms with Crippen molar-refractivity contribution in [2.24, 2.45) is 0 Å². The first kappa shape index (κ1) is 14.1. The summed E-state index contributed by atoms with van der Waals surface area (Å²) in [4.78, 5) is 0. The lowest BCUT2D eigenvalue weighted by molar-refractivity contribution is 0.912. The monoisotopic (exact) mass is 296 g/mol. The summed E-state index contributed by atoms with van der Waals surface area (Å²) in [5.74, 6) is 0. The van der Waals surface area contributed by atoms with E-state index in [1.807, 2.05) is 6.07 Å². The lowest BCUT2D eigenvalue weighted by Gasteiger charge is -2.14. The molecule has 108 valence electrons. The van der Waals surface area contributed by atoms with Crippen molar-refractivity contribution in [1.82, 2.24) is 0 Å². The number of aryl methyl sites for hydroxylation is 3. The Hall–Kier alpha value is -1.87. The summed E-state index contributed by atoms with van der Waals surface area (Å²) in [5, 5.41) is 7.22. The van der Waals surface area contributed by atoms with E-state index in [0.717, 1.165) is 11.4 Å². The predicted molar refractivity (Wildman–Crippen MR) is 94.2 cm³/mol.